The molecule has 0 aromatic heterocycles. The van der Waals surface area contributed by atoms with E-state index < -0.39 is 29.1 Å². The van der Waals surface area contributed by atoms with Gasteiger partial charge in [-0.3, -0.25) is 9.59 Å². The molecule has 0 spiro atoms. The molecule has 7 heteroatoms. The van der Waals surface area contributed by atoms with Gasteiger partial charge in [-0.1, -0.05) is 6.07 Å². The molecule has 0 aliphatic rings. The summed E-state index contributed by atoms with van der Waals surface area (Å²) in [6.45, 7) is 0. The highest BCUT2D eigenvalue weighted by molar-refractivity contribution is 6.43. The van der Waals surface area contributed by atoms with Gasteiger partial charge in [0.2, 0.25) is 0 Å². The third-order valence-corrected chi connectivity index (χ3v) is 2.49. The van der Waals surface area contributed by atoms with Crippen LogP contribution >= 0.6 is 0 Å². The van der Waals surface area contributed by atoms with E-state index in [-0.39, 0.29) is 11.4 Å². The number of carbonyl (C=O) groups is 2. The zero-order valence-corrected chi connectivity index (χ0v) is 10.6. The number of benzene rings is 2. The van der Waals surface area contributed by atoms with Gasteiger partial charge in [0.25, 0.3) is 0 Å². The number of phenolic OH excluding ortho intramolecular Hbond substituents is 1. The number of hydrogen-bond acceptors (Lipinski definition) is 3. The molecule has 2 rings (SSSR count). The maximum Gasteiger partial charge on any atom is 0.314 e. The van der Waals surface area contributed by atoms with Crippen LogP contribution in [0.4, 0.5) is 20.2 Å². The van der Waals surface area contributed by atoms with Gasteiger partial charge in [0, 0.05) is 17.8 Å². The van der Waals surface area contributed by atoms with Crippen molar-refractivity contribution in [3.8, 4) is 5.75 Å². The highest BCUT2D eigenvalue weighted by Gasteiger charge is 2.16. The van der Waals surface area contributed by atoms with Crippen LogP contribution in [0.5, 0.6) is 5.75 Å². The summed E-state index contributed by atoms with van der Waals surface area (Å²) in [6.07, 6.45) is 0. The van der Waals surface area contributed by atoms with Crippen LogP contribution < -0.4 is 10.6 Å². The van der Waals surface area contributed by atoms with Gasteiger partial charge in [-0.2, -0.15) is 0 Å². The van der Waals surface area contributed by atoms with Gasteiger partial charge in [0.05, 0.1) is 5.69 Å². The molecule has 0 bridgehead atoms. The highest BCUT2D eigenvalue weighted by atomic mass is 19.1. The van der Waals surface area contributed by atoms with E-state index in [0.717, 1.165) is 18.2 Å². The third kappa shape index (κ3) is 3.75. The molecule has 2 amide bonds. The molecule has 0 heterocycles. The van der Waals surface area contributed by atoms with Crippen molar-refractivity contribution in [2.75, 3.05) is 10.6 Å². The summed E-state index contributed by atoms with van der Waals surface area (Å²) >= 11 is 0. The number of amides is 2. The van der Waals surface area contributed by atoms with Crippen LogP contribution in [-0.4, -0.2) is 16.9 Å². The summed E-state index contributed by atoms with van der Waals surface area (Å²) in [5, 5.41) is 13.4. The molecule has 0 aliphatic heterocycles. The van der Waals surface area contributed by atoms with E-state index in [1.165, 1.54) is 24.3 Å². The zero-order valence-electron chi connectivity index (χ0n) is 10.6. The Hall–Kier alpha value is -2.96. The van der Waals surface area contributed by atoms with Crippen LogP contribution in [0.1, 0.15) is 0 Å². The molecular formula is C14H10F2N2O3. The molecule has 108 valence electrons. The lowest BCUT2D eigenvalue weighted by molar-refractivity contribution is -0.133. The number of halogens is 2. The zero-order chi connectivity index (χ0) is 15.4. The molecule has 21 heavy (non-hydrogen) atoms. The molecule has 0 saturated heterocycles. The summed E-state index contributed by atoms with van der Waals surface area (Å²) in [5.41, 5.74) is -0.249. The van der Waals surface area contributed by atoms with Crippen molar-refractivity contribution in [2.45, 2.75) is 0 Å². The van der Waals surface area contributed by atoms with Crippen molar-refractivity contribution in [2.24, 2.45) is 0 Å². The maximum atomic E-state index is 13.3. The van der Waals surface area contributed by atoms with Gasteiger partial charge in [-0.15, -0.1) is 0 Å². The molecule has 0 saturated carbocycles. The predicted octanol–water partition coefficient (Wildman–Crippen LogP) is 2.25. The first kappa shape index (κ1) is 14.4. The van der Waals surface area contributed by atoms with E-state index in [1.807, 2.05) is 5.32 Å². The molecule has 2 aromatic carbocycles. The Kier molecular flexibility index (Phi) is 4.13. The van der Waals surface area contributed by atoms with Crippen molar-refractivity contribution in [3.63, 3.8) is 0 Å². The standard InChI is InChI=1S/C14H10F2N2O3/c15-8-4-5-11(16)12(6-8)18-14(21)13(20)17-9-2-1-3-10(19)7-9/h1-7,19H,(H,17,20)(H,18,21). The molecule has 0 fully saturated rings. The van der Waals surface area contributed by atoms with Gasteiger partial charge >= 0.3 is 11.8 Å². The SMILES string of the molecule is O=C(Nc1cccc(O)c1)C(=O)Nc1cc(F)ccc1F. The van der Waals surface area contributed by atoms with Crippen molar-refractivity contribution in [3.05, 3.63) is 54.1 Å². The summed E-state index contributed by atoms with van der Waals surface area (Å²) in [5.74, 6) is -3.95. The number of hydrogen-bond donors (Lipinski definition) is 3. The molecule has 0 unspecified atom stereocenters. The second-order valence-corrected chi connectivity index (χ2v) is 4.08. The Labute approximate surface area is 118 Å². The first-order chi connectivity index (χ1) is 9.95. The predicted molar refractivity (Wildman–Crippen MR) is 71.7 cm³/mol. The minimum absolute atomic E-state index is 0.0932. The van der Waals surface area contributed by atoms with E-state index >= 15 is 0 Å². The average molecular weight is 292 g/mol. The number of carbonyl (C=O) groups excluding carboxylic acids is 2. The Morgan fingerprint density at radius 1 is 0.952 bits per heavy atom. The van der Waals surface area contributed by atoms with Crippen molar-refractivity contribution < 1.29 is 23.5 Å². The van der Waals surface area contributed by atoms with Gasteiger partial charge in [-0.05, 0) is 24.3 Å². The lowest BCUT2D eigenvalue weighted by atomic mass is 10.3. The molecule has 5 nitrogen and oxygen atoms in total. The summed E-state index contributed by atoms with van der Waals surface area (Å²) in [4.78, 5) is 23.2. The third-order valence-electron chi connectivity index (χ3n) is 2.49. The largest absolute Gasteiger partial charge is 0.508 e. The summed E-state index contributed by atoms with van der Waals surface area (Å²) < 4.78 is 26.3. The molecule has 0 atom stereocenters. The van der Waals surface area contributed by atoms with Crippen molar-refractivity contribution in [1.82, 2.24) is 0 Å². The lowest BCUT2D eigenvalue weighted by Gasteiger charge is -2.07. The Bertz CT molecular complexity index is 704. The second-order valence-electron chi connectivity index (χ2n) is 4.08. The van der Waals surface area contributed by atoms with E-state index in [0.29, 0.717) is 0 Å². The van der Waals surface area contributed by atoms with E-state index in [2.05, 4.69) is 5.32 Å². The number of rotatable bonds is 2. The second kappa shape index (κ2) is 6.00. The lowest BCUT2D eigenvalue weighted by Crippen LogP contribution is -2.29. The quantitative estimate of drug-likeness (QED) is 0.743. The average Bonchev–Trinajstić information content (AvgIpc) is 2.43. The number of phenols is 1. The van der Waals surface area contributed by atoms with Crippen LogP contribution in [0.3, 0.4) is 0 Å². The highest BCUT2D eigenvalue weighted by Crippen LogP contribution is 2.17. The molecule has 0 aliphatic carbocycles. The maximum absolute atomic E-state index is 13.3. The first-order valence-electron chi connectivity index (χ1n) is 5.82. The van der Waals surface area contributed by atoms with Gasteiger partial charge in [0.1, 0.15) is 17.4 Å². The monoisotopic (exact) mass is 292 g/mol. The summed E-state index contributed by atoms with van der Waals surface area (Å²) in [6, 6.07) is 8.01. The van der Waals surface area contributed by atoms with Gasteiger partial charge in [-0.25, -0.2) is 8.78 Å². The fraction of sp³-hybridized carbons (Fsp3) is 0. The van der Waals surface area contributed by atoms with Gasteiger partial charge in [0.15, 0.2) is 0 Å². The minimum atomic E-state index is -1.16. The Morgan fingerprint density at radius 2 is 1.67 bits per heavy atom. The van der Waals surface area contributed by atoms with Crippen LogP contribution in [0.2, 0.25) is 0 Å². The molecule has 3 N–H and O–H groups in total. The Morgan fingerprint density at radius 3 is 2.38 bits per heavy atom. The summed E-state index contributed by atoms with van der Waals surface area (Å²) in [7, 11) is 0. The molecule has 0 radical (unpaired) electrons. The van der Waals surface area contributed by atoms with Crippen molar-refractivity contribution in [1.29, 1.82) is 0 Å². The van der Waals surface area contributed by atoms with E-state index in [1.54, 1.807) is 0 Å². The first-order valence-corrected chi connectivity index (χ1v) is 5.82. The van der Waals surface area contributed by atoms with Crippen LogP contribution in [0.25, 0.3) is 0 Å². The fourth-order valence-corrected chi connectivity index (χ4v) is 1.54. The topological polar surface area (TPSA) is 78.4 Å². The van der Waals surface area contributed by atoms with Gasteiger partial charge < -0.3 is 15.7 Å². The molecular weight excluding hydrogens is 282 g/mol. The number of aromatic hydroxyl groups is 1. The smallest absolute Gasteiger partial charge is 0.314 e. The van der Waals surface area contributed by atoms with Crippen LogP contribution in [0.15, 0.2) is 42.5 Å². The minimum Gasteiger partial charge on any atom is -0.508 e. The van der Waals surface area contributed by atoms with E-state index in [9.17, 15) is 23.5 Å². The van der Waals surface area contributed by atoms with Crippen molar-refractivity contribution >= 4 is 23.2 Å². The van der Waals surface area contributed by atoms with Crippen LogP contribution in [-0.2, 0) is 9.59 Å². The number of anilines is 2. The molecule has 2 aromatic rings. The van der Waals surface area contributed by atoms with E-state index in [4.69, 9.17) is 0 Å². The Balaban J connectivity index is 2.06. The van der Waals surface area contributed by atoms with Crippen LogP contribution in [0, 0.1) is 11.6 Å². The number of nitrogens with one attached hydrogen (secondary N) is 2. The fourth-order valence-electron chi connectivity index (χ4n) is 1.54. The normalized spacial score (nSPS) is 10.0.